The molecule has 0 saturated carbocycles. The van der Waals surface area contributed by atoms with E-state index in [4.69, 9.17) is 4.74 Å². The van der Waals surface area contributed by atoms with Crippen LogP contribution in [0.15, 0.2) is 24.3 Å². The molecule has 1 atom stereocenters. The highest BCUT2D eigenvalue weighted by Crippen LogP contribution is 2.20. The molecule has 1 aliphatic rings. The van der Waals surface area contributed by atoms with E-state index < -0.39 is 0 Å². The molecule has 0 aliphatic carbocycles. The summed E-state index contributed by atoms with van der Waals surface area (Å²) in [6, 6.07) is 7.58. The number of hydrogen-bond donors (Lipinski definition) is 2. The second-order valence-electron chi connectivity index (χ2n) is 3.74. The van der Waals surface area contributed by atoms with Gasteiger partial charge >= 0.3 is 0 Å². The minimum atomic E-state index is -0.0321. The quantitative estimate of drug-likeness (QED) is 0.800. The zero-order valence-electron chi connectivity index (χ0n) is 9.32. The normalized spacial score (nSPS) is 19.7. The van der Waals surface area contributed by atoms with Gasteiger partial charge < -0.3 is 10.1 Å². The van der Waals surface area contributed by atoms with Crippen molar-refractivity contribution < 1.29 is 9.53 Å². The standard InChI is InChI=1S/C12H16N2O2/c1-2-14-12(15)10-5-3-4-9(6-10)11-7-13-8-16-11/h3-6,11,13H,2,7-8H2,1H3,(H,14,15). The fourth-order valence-corrected chi connectivity index (χ4v) is 1.77. The van der Waals surface area contributed by atoms with Crippen LogP contribution in [0.1, 0.15) is 28.9 Å². The Labute approximate surface area is 95.0 Å². The average molecular weight is 220 g/mol. The van der Waals surface area contributed by atoms with Crippen LogP contribution >= 0.6 is 0 Å². The van der Waals surface area contributed by atoms with Crippen molar-refractivity contribution in [2.45, 2.75) is 13.0 Å². The maximum atomic E-state index is 11.6. The van der Waals surface area contributed by atoms with Gasteiger partial charge in [-0.05, 0) is 24.6 Å². The molecule has 0 aromatic heterocycles. The summed E-state index contributed by atoms with van der Waals surface area (Å²) in [6.07, 6.45) is 0.0642. The van der Waals surface area contributed by atoms with Crippen molar-refractivity contribution in [2.24, 2.45) is 0 Å². The van der Waals surface area contributed by atoms with Gasteiger partial charge in [-0.1, -0.05) is 12.1 Å². The van der Waals surface area contributed by atoms with E-state index >= 15 is 0 Å². The summed E-state index contributed by atoms with van der Waals surface area (Å²) in [5, 5.41) is 5.91. The molecule has 0 radical (unpaired) electrons. The number of carbonyl (C=O) groups is 1. The first-order chi connectivity index (χ1) is 7.81. The molecule has 1 aromatic carbocycles. The fraction of sp³-hybridized carbons (Fsp3) is 0.417. The lowest BCUT2D eigenvalue weighted by Gasteiger charge is -2.10. The van der Waals surface area contributed by atoms with Gasteiger partial charge in [0.1, 0.15) is 0 Å². The topological polar surface area (TPSA) is 50.4 Å². The molecule has 2 rings (SSSR count). The predicted octanol–water partition coefficient (Wildman–Crippen LogP) is 1.05. The Morgan fingerprint density at radius 3 is 3.19 bits per heavy atom. The molecule has 4 heteroatoms. The average Bonchev–Trinajstić information content (AvgIpc) is 2.83. The van der Waals surface area contributed by atoms with E-state index in [1.54, 1.807) is 0 Å². The molecule has 1 heterocycles. The predicted molar refractivity (Wildman–Crippen MR) is 61.1 cm³/mol. The van der Waals surface area contributed by atoms with E-state index in [1.165, 1.54) is 0 Å². The number of rotatable bonds is 3. The molecule has 1 aliphatic heterocycles. The van der Waals surface area contributed by atoms with Crippen LogP contribution in [0, 0.1) is 0 Å². The number of carbonyl (C=O) groups excluding carboxylic acids is 1. The van der Waals surface area contributed by atoms with Gasteiger partial charge in [0.05, 0.1) is 12.8 Å². The minimum Gasteiger partial charge on any atom is -0.357 e. The molecular formula is C12H16N2O2. The van der Waals surface area contributed by atoms with Gasteiger partial charge in [-0.2, -0.15) is 0 Å². The molecule has 1 unspecified atom stereocenters. The highest BCUT2D eigenvalue weighted by molar-refractivity contribution is 5.94. The maximum absolute atomic E-state index is 11.6. The van der Waals surface area contributed by atoms with Crippen LogP contribution in [0.4, 0.5) is 0 Å². The number of benzene rings is 1. The second kappa shape index (κ2) is 5.09. The number of ether oxygens (including phenoxy) is 1. The Hall–Kier alpha value is -1.39. The van der Waals surface area contributed by atoms with E-state index in [9.17, 15) is 4.79 Å². The van der Waals surface area contributed by atoms with Gasteiger partial charge in [-0.3, -0.25) is 10.1 Å². The molecule has 16 heavy (non-hydrogen) atoms. The SMILES string of the molecule is CCNC(=O)c1cccc(C2CNCO2)c1. The van der Waals surface area contributed by atoms with E-state index in [2.05, 4.69) is 10.6 Å². The lowest BCUT2D eigenvalue weighted by Crippen LogP contribution is -2.22. The molecule has 1 fully saturated rings. The summed E-state index contributed by atoms with van der Waals surface area (Å²) in [6.45, 7) is 3.94. The van der Waals surface area contributed by atoms with Gasteiger partial charge in [0.15, 0.2) is 0 Å². The van der Waals surface area contributed by atoms with E-state index in [1.807, 2.05) is 31.2 Å². The maximum Gasteiger partial charge on any atom is 0.251 e. The third-order valence-electron chi connectivity index (χ3n) is 2.57. The van der Waals surface area contributed by atoms with Crippen LogP contribution in [0.25, 0.3) is 0 Å². The Balaban J connectivity index is 2.15. The van der Waals surface area contributed by atoms with Crippen molar-refractivity contribution in [1.82, 2.24) is 10.6 Å². The lowest BCUT2D eigenvalue weighted by atomic mass is 10.1. The Kier molecular flexibility index (Phi) is 3.54. The van der Waals surface area contributed by atoms with Crippen molar-refractivity contribution in [3.8, 4) is 0 Å². The highest BCUT2D eigenvalue weighted by Gasteiger charge is 2.17. The van der Waals surface area contributed by atoms with Crippen LogP contribution in [0.2, 0.25) is 0 Å². The lowest BCUT2D eigenvalue weighted by molar-refractivity contribution is 0.0954. The van der Waals surface area contributed by atoms with Crippen LogP contribution in [-0.4, -0.2) is 25.7 Å². The van der Waals surface area contributed by atoms with E-state index in [0.29, 0.717) is 18.8 Å². The van der Waals surface area contributed by atoms with E-state index in [-0.39, 0.29) is 12.0 Å². The molecule has 1 saturated heterocycles. The highest BCUT2D eigenvalue weighted by atomic mass is 16.5. The van der Waals surface area contributed by atoms with Crippen LogP contribution in [0.3, 0.4) is 0 Å². The largest absolute Gasteiger partial charge is 0.357 e. The van der Waals surface area contributed by atoms with Gasteiger partial charge in [0, 0.05) is 18.7 Å². The summed E-state index contributed by atoms with van der Waals surface area (Å²) in [5.74, 6) is -0.0321. The van der Waals surface area contributed by atoms with Crippen molar-refractivity contribution in [1.29, 1.82) is 0 Å². The Morgan fingerprint density at radius 2 is 2.50 bits per heavy atom. The second-order valence-corrected chi connectivity index (χ2v) is 3.74. The summed E-state index contributed by atoms with van der Waals surface area (Å²) >= 11 is 0. The molecule has 1 amide bonds. The van der Waals surface area contributed by atoms with Gasteiger partial charge in [-0.25, -0.2) is 0 Å². The van der Waals surface area contributed by atoms with Crippen molar-refractivity contribution in [3.63, 3.8) is 0 Å². The zero-order valence-corrected chi connectivity index (χ0v) is 9.32. The first-order valence-electron chi connectivity index (χ1n) is 5.51. The molecule has 86 valence electrons. The fourth-order valence-electron chi connectivity index (χ4n) is 1.77. The molecule has 4 nitrogen and oxygen atoms in total. The molecule has 2 N–H and O–H groups in total. The van der Waals surface area contributed by atoms with Gasteiger partial charge in [-0.15, -0.1) is 0 Å². The third kappa shape index (κ3) is 2.40. The van der Waals surface area contributed by atoms with Gasteiger partial charge in [0.25, 0.3) is 5.91 Å². The molecule has 1 aromatic rings. The first kappa shape index (κ1) is 11.1. The molecule has 0 bridgehead atoms. The Bertz CT molecular complexity index is 373. The summed E-state index contributed by atoms with van der Waals surface area (Å²) in [7, 11) is 0. The Morgan fingerprint density at radius 1 is 1.62 bits per heavy atom. The molecular weight excluding hydrogens is 204 g/mol. The van der Waals surface area contributed by atoms with Crippen molar-refractivity contribution in [2.75, 3.05) is 19.8 Å². The van der Waals surface area contributed by atoms with E-state index in [0.717, 1.165) is 12.1 Å². The first-order valence-corrected chi connectivity index (χ1v) is 5.51. The van der Waals surface area contributed by atoms with Crippen LogP contribution in [-0.2, 0) is 4.74 Å². The number of amides is 1. The van der Waals surface area contributed by atoms with Crippen LogP contribution < -0.4 is 10.6 Å². The summed E-state index contributed by atoms with van der Waals surface area (Å²) in [4.78, 5) is 11.6. The van der Waals surface area contributed by atoms with Crippen molar-refractivity contribution in [3.05, 3.63) is 35.4 Å². The van der Waals surface area contributed by atoms with Gasteiger partial charge in [0.2, 0.25) is 0 Å². The number of hydrogen-bond acceptors (Lipinski definition) is 3. The minimum absolute atomic E-state index is 0.0321. The smallest absolute Gasteiger partial charge is 0.251 e. The van der Waals surface area contributed by atoms with Crippen LogP contribution in [0.5, 0.6) is 0 Å². The monoisotopic (exact) mass is 220 g/mol. The summed E-state index contributed by atoms with van der Waals surface area (Å²) < 4.78 is 5.49. The summed E-state index contributed by atoms with van der Waals surface area (Å²) in [5.41, 5.74) is 1.74. The zero-order chi connectivity index (χ0) is 11.4. The molecule has 0 spiro atoms. The van der Waals surface area contributed by atoms with Crippen molar-refractivity contribution >= 4 is 5.91 Å². The third-order valence-corrected chi connectivity index (χ3v) is 2.57. The number of nitrogens with one attached hydrogen (secondary N) is 2.